The third kappa shape index (κ3) is 7.05. The van der Waals surface area contributed by atoms with Gasteiger partial charge >= 0.3 is 0 Å². The Bertz CT molecular complexity index is 1500. The molecule has 0 radical (unpaired) electrons. The van der Waals surface area contributed by atoms with Gasteiger partial charge in [0.2, 0.25) is 5.90 Å². The Kier molecular flexibility index (Phi) is 9.63. The Morgan fingerprint density at radius 3 is 2.33 bits per heavy atom. The summed E-state index contributed by atoms with van der Waals surface area (Å²) in [5.41, 5.74) is 7.72. The van der Waals surface area contributed by atoms with Gasteiger partial charge in [0.25, 0.3) is 5.91 Å². The van der Waals surface area contributed by atoms with Crippen molar-refractivity contribution in [2.45, 2.75) is 31.0 Å². The van der Waals surface area contributed by atoms with E-state index in [0.29, 0.717) is 36.8 Å². The van der Waals surface area contributed by atoms with Crippen molar-refractivity contribution in [3.63, 3.8) is 0 Å². The maximum atomic E-state index is 14.2. The Balaban J connectivity index is 1.49. The molecule has 0 saturated heterocycles. The number of hydrogen-bond donors (Lipinski definition) is 3. The molecule has 4 aromatic carbocycles. The molecule has 0 spiro atoms. The molecule has 216 valence electrons. The molecule has 0 aromatic heterocycles. The molecule has 0 aliphatic carbocycles. The first kappa shape index (κ1) is 29.4. The van der Waals surface area contributed by atoms with Crippen LogP contribution in [-0.4, -0.2) is 35.7 Å². The molecular weight excluding hydrogens is 601 g/mol. The summed E-state index contributed by atoms with van der Waals surface area (Å²) >= 11 is 3.49. The van der Waals surface area contributed by atoms with Gasteiger partial charge in [0.05, 0.1) is 6.61 Å². The maximum Gasteiger partial charge on any atom is 0.266 e. The molecule has 42 heavy (non-hydrogen) atoms. The summed E-state index contributed by atoms with van der Waals surface area (Å²) < 4.78 is 26.5. The highest BCUT2D eigenvalue weighted by Crippen LogP contribution is 2.42. The first-order valence-electron chi connectivity index (χ1n) is 13.6. The minimum absolute atomic E-state index is 0.0604. The number of benzene rings is 4. The minimum atomic E-state index is -1.35. The van der Waals surface area contributed by atoms with Gasteiger partial charge in [-0.15, -0.1) is 0 Å². The van der Waals surface area contributed by atoms with Crippen LogP contribution in [0, 0.1) is 5.82 Å². The lowest BCUT2D eigenvalue weighted by Crippen LogP contribution is -2.53. The lowest BCUT2D eigenvalue weighted by atomic mass is 9.82. The van der Waals surface area contributed by atoms with Gasteiger partial charge in [-0.1, -0.05) is 70.5 Å². The first-order valence-corrected chi connectivity index (χ1v) is 14.4. The van der Waals surface area contributed by atoms with Crippen molar-refractivity contribution in [2.24, 2.45) is 4.99 Å². The number of aliphatic hydroxyl groups is 1. The van der Waals surface area contributed by atoms with Crippen LogP contribution in [0.25, 0.3) is 0 Å². The molecular formula is C33H31BrFN3O4. The van der Waals surface area contributed by atoms with Crippen molar-refractivity contribution < 1.29 is 23.8 Å². The van der Waals surface area contributed by atoms with Gasteiger partial charge in [0.15, 0.2) is 11.6 Å². The van der Waals surface area contributed by atoms with E-state index < -0.39 is 11.6 Å². The van der Waals surface area contributed by atoms with E-state index in [4.69, 9.17) is 19.6 Å². The highest BCUT2D eigenvalue weighted by molar-refractivity contribution is 9.10. The second-order valence-corrected chi connectivity index (χ2v) is 10.9. The van der Waals surface area contributed by atoms with Crippen molar-refractivity contribution in [2.75, 3.05) is 13.2 Å². The molecule has 1 amide bonds. The number of hydrazine groups is 1. The fourth-order valence-corrected chi connectivity index (χ4v) is 5.02. The monoisotopic (exact) mass is 631 g/mol. The summed E-state index contributed by atoms with van der Waals surface area (Å²) in [6, 6.07) is 30.7. The van der Waals surface area contributed by atoms with Crippen molar-refractivity contribution in [3.05, 3.63) is 136 Å². The quantitative estimate of drug-likeness (QED) is 0.138. The Morgan fingerprint density at radius 1 is 0.952 bits per heavy atom. The van der Waals surface area contributed by atoms with Crippen LogP contribution in [0.1, 0.15) is 34.8 Å². The van der Waals surface area contributed by atoms with Gasteiger partial charge in [-0.2, -0.15) is 0 Å². The van der Waals surface area contributed by atoms with Crippen LogP contribution in [0.15, 0.2) is 113 Å². The smallest absolute Gasteiger partial charge is 0.266 e. The van der Waals surface area contributed by atoms with Crippen molar-refractivity contribution in [1.82, 2.24) is 10.9 Å². The number of aliphatic hydroxyl groups excluding tert-OH is 1. The number of amides is 1. The zero-order valence-corrected chi connectivity index (χ0v) is 24.4. The number of nitrogens with zero attached hydrogens (tertiary/aromatic N) is 1. The number of carbonyl (C=O) groups is 1. The molecule has 0 saturated carbocycles. The van der Waals surface area contributed by atoms with Crippen LogP contribution in [-0.2, 0) is 22.5 Å². The van der Waals surface area contributed by atoms with E-state index in [2.05, 4.69) is 26.8 Å². The molecule has 5 rings (SSSR count). The molecule has 0 fully saturated rings. The largest absolute Gasteiger partial charge is 0.494 e. The number of nitrogens with one attached hydrogen (secondary N) is 2. The molecule has 7 nitrogen and oxygen atoms in total. The zero-order chi connectivity index (χ0) is 29.4. The lowest BCUT2D eigenvalue weighted by Gasteiger charge is -2.31. The van der Waals surface area contributed by atoms with E-state index in [9.17, 15) is 9.18 Å². The van der Waals surface area contributed by atoms with E-state index in [1.54, 1.807) is 12.1 Å². The van der Waals surface area contributed by atoms with Crippen LogP contribution in [0.2, 0.25) is 0 Å². The first-order chi connectivity index (χ1) is 20.5. The number of ether oxygens (including phenoxy) is 2. The number of carbonyl (C=O) groups excluding carboxylic acids is 1. The van der Waals surface area contributed by atoms with E-state index in [1.165, 1.54) is 12.1 Å². The topological polar surface area (TPSA) is 92.2 Å². The van der Waals surface area contributed by atoms with E-state index in [-0.39, 0.29) is 24.8 Å². The van der Waals surface area contributed by atoms with Crippen molar-refractivity contribution >= 4 is 27.7 Å². The molecule has 1 heterocycles. The molecule has 1 aliphatic heterocycles. The van der Waals surface area contributed by atoms with Crippen LogP contribution < -0.4 is 15.6 Å². The predicted molar refractivity (Wildman–Crippen MR) is 162 cm³/mol. The summed E-state index contributed by atoms with van der Waals surface area (Å²) in [4.78, 5) is 19.2. The number of halogens is 2. The number of hydrogen-bond acceptors (Lipinski definition) is 6. The van der Waals surface area contributed by atoms with E-state index in [1.807, 2.05) is 78.9 Å². The van der Waals surface area contributed by atoms with Crippen molar-refractivity contribution in [3.8, 4) is 5.75 Å². The Hall–Kier alpha value is -4.05. The Morgan fingerprint density at radius 2 is 1.64 bits per heavy atom. The van der Waals surface area contributed by atoms with Gasteiger partial charge in [0, 0.05) is 36.0 Å². The maximum absolute atomic E-state index is 14.2. The number of aliphatic imine (C=N–C) groups is 1. The molecule has 2 atom stereocenters. The molecule has 9 heteroatoms. The van der Waals surface area contributed by atoms with Crippen LogP contribution in [0.4, 0.5) is 4.39 Å². The molecule has 3 N–H and O–H groups in total. The van der Waals surface area contributed by atoms with Crippen LogP contribution in [0.5, 0.6) is 5.75 Å². The average Bonchev–Trinajstić information content (AvgIpc) is 3.40. The molecule has 0 bridgehead atoms. The summed E-state index contributed by atoms with van der Waals surface area (Å²) in [5.74, 6) is 0.322. The summed E-state index contributed by atoms with van der Waals surface area (Å²) in [6.07, 6.45) is 0.0973. The Labute approximate surface area is 252 Å². The highest BCUT2D eigenvalue weighted by atomic mass is 79.9. The molecule has 0 unspecified atom stereocenters. The lowest BCUT2D eigenvalue weighted by molar-refractivity contribution is -0.130. The normalized spacial score (nSPS) is 17.8. The van der Waals surface area contributed by atoms with Gasteiger partial charge in [-0.25, -0.2) is 14.8 Å². The van der Waals surface area contributed by atoms with Gasteiger partial charge in [-0.05, 0) is 65.2 Å². The van der Waals surface area contributed by atoms with Gasteiger partial charge < -0.3 is 14.6 Å². The minimum Gasteiger partial charge on any atom is -0.494 e. The van der Waals surface area contributed by atoms with Crippen molar-refractivity contribution in [1.29, 1.82) is 0 Å². The fraction of sp³-hybridized carbons (Fsp3) is 0.212. The van der Waals surface area contributed by atoms with E-state index >= 15 is 0 Å². The second kappa shape index (κ2) is 13.7. The van der Waals surface area contributed by atoms with Crippen LogP contribution >= 0.6 is 15.9 Å². The number of rotatable bonds is 12. The zero-order valence-electron chi connectivity index (χ0n) is 22.8. The predicted octanol–water partition coefficient (Wildman–Crippen LogP) is 5.67. The van der Waals surface area contributed by atoms with E-state index in [0.717, 1.165) is 21.2 Å². The summed E-state index contributed by atoms with van der Waals surface area (Å²) in [6.45, 7) is 0.765. The van der Waals surface area contributed by atoms with Crippen LogP contribution in [0.3, 0.4) is 0 Å². The third-order valence-corrected chi connectivity index (χ3v) is 7.46. The molecule has 1 aliphatic rings. The SMILES string of the molecule is O=C(NNCc1ccc(F)cc1)[C@@]1(Cc2ccc(Br)cc2)N=C(c2ccc(OCCCO)cc2)O[C@H]1c1ccccc1. The second-order valence-electron chi connectivity index (χ2n) is 9.94. The highest BCUT2D eigenvalue weighted by Gasteiger charge is 2.53. The fourth-order valence-electron chi connectivity index (χ4n) is 4.76. The average molecular weight is 633 g/mol. The summed E-state index contributed by atoms with van der Waals surface area (Å²) in [5, 5.41) is 9.02. The van der Waals surface area contributed by atoms with Gasteiger partial charge in [0.1, 0.15) is 11.6 Å². The third-order valence-electron chi connectivity index (χ3n) is 6.93. The molecule has 4 aromatic rings. The summed E-state index contributed by atoms with van der Waals surface area (Å²) in [7, 11) is 0. The standard InChI is InChI=1S/C33H31BrFN3O4/c34-27-13-7-23(8-14-27)21-33(32(40)38-36-22-24-9-15-28(35)16-10-24)30(25-5-2-1-3-6-25)42-31(37-33)26-11-17-29(18-12-26)41-20-4-19-39/h1-3,5-18,30,36,39H,4,19-22H2,(H,38,40)/t30-,33-/m0/s1. The van der Waals surface area contributed by atoms with Gasteiger partial charge in [-0.3, -0.25) is 10.2 Å².